The molecule has 1 aliphatic rings. The van der Waals surface area contributed by atoms with Crippen molar-refractivity contribution in [2.75, 3.05) is 19.0 Å². The molecule has 12 heteroatoms. The van der Waals surface area contributed by atoms with Crippen LogP contribution in [0.3, 0.4) is 0 Å². The van der Waals surface area contributed by atoms with Crippen molar-refractivity contribution < 1.29 is 44.6 Å². The Morgan fingerprint density at radius 1 is 0.766 bits per heavy atom. The number of halogens is 8. The van der Waals surface area contributed by atoms with Gasteiger partial charge in [0.05, 0.1) is 0 Å². The van der Waals surface area contributed by atoms with Crippen molar-refractivity contribution >= 4 is 26.3 Å². The van der Waals surface area contributed by atoms with Gasteiger partial charge in [0.15, 0.2) is 11.6 Å². The Kier molecular flexibility index (Phi) is 11.2. The average molecular weight is 699 g/mol. The first-order chi connectivity index (χ1) is 22.4. The standard InChI is InChI=1S/C35H31F8O2PS/c1-2-10-44-11-9-19-3-8-32(47-18-19)20-4-6-24(26(36)12-20)21-13-28(38)33(29(39)14-21)35(42,43)45-23-5-7-25(27(37)17-23)22-15-30(40)34(41)31(46)16-22/h4-7,12-17,19,32H,2-3,8-11,18,46H2,1H3. The number of rotatable bonds is 11. The lowest BCUT2D eigenvalue weighted by Crippen LogP contribution is -2.25. The van der Waals surface area contributed by atoms with E-state index >= 15 is 22.0 Å². The molecular weight excluding hydrogens is 667 g/mol. The molecule has 0 N–H and O–H groups in total. The summed E-state index contributed by atoms with van der Waals surface area (Å²) >= 11 is 1.72. The second-order valence-corrected chi connectivity index (χ2v) is 13.2. The fourth-order valence-electron chi connectivity index (χ4n) is 5.52. The summed E-state index contributed by atoms with van der Waals surface area (Å²) < 4.78 is 128. The normalized spacial score (nSPS) is 16.8. The largest absolute Gasteiger partial charge is 0.432 e. The fraction of sp³-hybridized carbons (Fsp3) is 0.314. The minimum absolute atomic E-state index is 0.0527. The van der Waals surface area contributed by atoms with Gasteiger partial charge in [-0.25, -0.2) is 26.3 Å². The maximum atomic E-state index is 15.2. The van der Waals surface area contributed by atoms with Crippen LogP contribution in [-0.4, -0.2) is 19.0 Å². The molecule has 5 rings (SSSR count). The molecule has 4 aromatic carbocycles. The predicted molar refractivity (Wildman–Crippen MR) is 171 cm³/mol. The van der Waals surface area contributed by atoms with Gasteiger partial charge >= 0.3 is 6.11 Å². The molecule has 0 bridgehead atoms. The van der Waals surface area contributed by atoms with Gasteiger partial charge in [0.2, 0.25) is 0 Å². The second-order valence-electron chi connectivity index (χ2n) is 11.3. The third-order valence-electron chi connectivity index (χ3n) is 7.95. The SMILES string of the molecule is CCCOCCC1CCC(c2ccc(-c3cc(F)c(C(F)(F)Oc4ccc(-c5cc(F)c(F)c(P)c5)c(F)c4)c(F)c3)c(F)c2)SC1. The molecule has 3 atom stereocenters. The van der Waals surface area contributed by atoms with E-state index < -0.39 is 52.3 Å². The minimum atomic E-state index is -4.60. The molecule has 0 aliphatic carbocycles. The molecule has 1 heterocycles. The Morgan fingerprint density at radius 3 is 2.00 bits per heavy atom. The van der Waals surface area contributed by atoms with Gasteiger partial charge in [0, 0.05) is 41.0 Å². The summed E-state index contributed by atoms with van der Waals surface area (Å²) in [6, 6.07) is 9.78. The molecule has 1 saturated heterocycles. The van der Waals surface area contributed by atoms with E-state index in [1.54, 1.807) is 17.8 Å². The van der Waals surface area contributed by atoms with Gasteiger partial charge in [0.1, 0.15) is 34.6 Å². The molecule has 2 nitrogen and oxygen atoms in total. The zero-order valence-corrected chi connectivity index (χ0v) is 27.2. The highest BCUT2D eigenvalue weighted by molar-refractivity contribution is 7.99. The Hall–Kier alpha value is -3.14. The van der Waals surface area contributed by atoms with Gasteiger partial charge in [0.25, 0.3) is 0 Å². The molecule has 47 heavy (non-hydrogen) atoms. The van der Waals surface area contributed by atoms with Crippen LogP contribution < -0.4 is 10.0 Å². The molecule has 0 radical (unpaired) electrons. The van der Waals surface area contributed by atoms with Crippen molar-refractivity contribution in [3.8, 4) is 28.0 Å². The third kappa shape index (κ3) is 8.12. The van der Waals surface area contributed by atoms with E-state index in [-0.39, 0.29) is 32.8 Å². The first-order valence-electron chi connectivity index (χ1n) is 15.0. The van der Waals surface area contributed by atoms with E-state index in [0.29, 0.717) is 30.7 Å². The zero-order valence-electron chi connectivity index (χ0n) is 25.2. The number of thioether (sulfide) groups is 1. The number of benzene rings is 4. The molecule has 1 aliphatic heterocycles. The first kappa shape index (κ1) is 35.2. The van der Waals surface area contributed by atoms with Crippen molar-refractivity contribution in [2.45, 2.75) is 44.0 Å². The van der Waals surface area contributed by atoms with Gasteiger partial charge in [-0.1, -0.05) is 19.1 Å². The summed E-state index contributed by atoms with van der Waals surface area (Å²) in [5, 5.41) is -0.130. The van der Waals surface area contributed by atoms with Crippen molar-refractivity contribution in [1.82, 2.24) is 0 Å². The number of alkyl halides is 2. The lowest BCUT2D eigenvalue weighted by molar-refractivity contribution is -0.189. The summed E-state index contributed by atoms with van der Waals surface area (Å²) in [5.41, 5.74) is -1.81. The summed E-state index contributed by atoms with van der Waals surface area (Å²) in [4.78, 5) is 0. The van der Waals surface area contributed by atoms with Crippen LogP contribution in [0.4, 0.5) is 35.1 Å². The summed E-state index contributed by atoms with van der Waals surface area (Å²) in [6.07, 6.45) is -0.861. The fourth-order valence-corrected chi connectivity index (χ4v) is 7.32. The van der Waals surface area contributed by atoms with Crippen molar-refractivity contribution in [1.29, 1.82) is 0 Å². The van der Waals surface area contributed by atoms with E-state index in [4.69, 9.17) is 4.74 Å². The molecule has 4 aromatic rings. The van der Waals surface area contributed by atoms with Crippen LogP contribution in [0.15, 0.2) is 60.7 Å². The monoisotopic (exact) mass is 698 g/mol. The van der Waals surface area contributed by atoms with E-state index in [9.17, 15) is 13.2 Å². The maximum Gasteiger partial charge on any atom is 0.432 e. The molecular formula is C35H31F8O2PS. The van der Waals surface area contributed by atoms with Crippen LogP contribution in [0.5, 0.6) is 5.75 Å². The second kappa shape index (κ2) is 15.0. The lowest BCUT2D eigenvalue weighted by atomic mass is 9.95. The smallest absolute Gasteiger partial charge is 0.429 e. The van der Waals surface area contributed by atoms with E-state index in [1.807, 2.05) is 9.24 Å². The Bertz CT molecular complexity index is 1700. The van der Waals surface area contributed by atoms with Crippen LogP contribution in [0.2, 0.25) is 0 Å². The minimum Gasteiger partial charge on any atom is -0.429 e. The average Bonchev–Trinajstić information content (AvgIpc) is 3.01. The highest BCUT2D eigenvalue weighted by atomic mass is 32.2. The summed E-state index contributed by atoms with van der Waals surface area (Å²) in [5.74, 6) is -7.04. The van der Waals surface area contributed by atoms with Crippen LogP contribution in [0.1, 0.15) is 49.0 Å². The number of hydrogen-bond acceptors (Lipinski definition) is 3. The highest BCUT2D eigenvalue weighted by Crippen LogP contribution is 2.43. The van der Waals surface area contributed by atoms with Crippen LogP contribution in [-0.2, 0) is 10.8 Å². The molecule has 0 saturated carbocycles. The quantitative estimate of drug-likeness (QED) is 0.0883. The first-order valence-corrected chi connectivity index (χ1v) is 16.6. The van der Waals surface area contributed by atoms with E-state index in [0.717, 1.165) is 67.9 Å². The molecule has 1 fully saturated rings. The van der Waals surface area contributed by atoms with Crippen LogP contribution >= 0.6 is 21.0 Å². The van der Waals surface area contributed by atoms with Gasteiger partial charge in [-0.2, -0.15) is 20.5 Å². The van der Waals surface area contributed by atoms with E-state index in [1.165, 1.54) is 12.1 Å². The van der Waals surface area contributed by atoms with Gasteiger partial charge in [-0.05, 0) is 96.5 Å². The topological polar surface area (TPSA) is 18.5 Å². The van der Waals surface area contributed by atoms with Crippen molar-refractivity contribution in [3.63, 3.8) is 0 Å². The third-order valence-corrected chi connectivity index (χ3v) is 9.95. The van der Waals surface area contributed by atoms with Crippen molar-refractivity contribution in [2.24, 2.45) is 5.92 Å². The maximum absolute atomic E-state index is 15.2. The van der Waals surface area contributed by atoms with Crippen molar-refractivity contribution in [3.05, 3.63) is 107 Å². The van der Waals surface area contributed by atoms with E-state index in [2.05, 4.69) is 11.7 Å². The molecule has 0 aromatic heterocycles. The Labute approximate surface area is 274 Å². The van der Waals surface area contributed by atoms with Crippen LogP contribution in [0.25, 0.3) is 22.3 Å². The van der Waals surface area contributed by atoms with Gasteiger partial charge < -0.3 is 9.47 Å². The predicted octanol–water partition coefficient (Wildman–Crippen LogP) is 10.5. The molecule has 0 amide bonds. The van der Waals surface area contributed by atoms with Gasteiger partial charge in [-0.15, -0.1) is 9.24 Å². The Morgan fingerprint density at radius 2 is 1.40 bits per heavy atom. The molecule has 0 spiro atoms. The summed E-state index contributed by atoms with van der Waals surface area (Å²) in [7, 11) is 1.96. The number of ether oxygens (including phenoxy) is 2. The molecule has 250 valence electrons. The van der Waals surface area contributed by atoms with Gasteiger partial charge in [-0.3, -0.25) is 0 Å². The zero-order chi connectivity index (χ0) is 33.9. The summed E-state index contributed by atoms with van der Waals surface area (Å²) in [6.45, 7) is 3.50. The van der Waals surface area contributed by atoms with Crippen LogP contribution in [0, 0.1) is 40.8 Å². The highest BCUT2D eigenvalue weighted by Gasteiger charge is 2.41. The lowest BCUT2D eigenvalue weighted by Gasteiger charge is -2.28. The number of hydrogen-bond donors (Lipinski definition) is 0. The Balaban J connectivity index is 1.29. The molecule has 3 unspecified atom stereocenters.